The van der Waals surface area contributed by atoms with E-state index in [-0.39, 0.29) is 0 Å². The molecule has 0 aliphatic carbocycles. The first-order chi connectivity index (χ1) is 7.99. The van der Waals surface area contributed by atoms with Gasteiger partial charge < -0.3 is 4.42 Å². The van der Waals surface area contributed by atoms with Crippen molar-refractivity contribution < 1.29 is 8.98 Å². The molecule has 0 atom stereocenters. The summed E-state index contributed by atoms with van der Waals surface area (Å²) in [6.45, 7) is 8.21. The molecular formula is C12H19N2OSSi+. The zero-order valence-corrected chi connectivity index (χ0v) is 12.7. The molecule has 0 spiro atoms. The quantitative estimate of drug-likeness (QED) is 0.484. The molecule has 2 aromatic heterocycles. The number of pyridine rings is 1. The van der Waals surface area contributed by atoms with E-state index in [0.717, 1.165) is 23.0 Å². The summed E-state index contributed by atoms with van der Waals surface area (Å²) in [6, 6.07) is 5.27. The largest absolute Gasteiger partial charge is 0.406 e. The van der Waals surface area contributed by atoms with E-state index < -0.39 is 8.07 Å². The zero-order chi connectivity index (χ0) is 12.5. The second kappa shape index (κ2) is 4.82. The van der Waals surface area contributed by atoms with Gasteiger partial charge in [0.2, 0.25) is 5.58 Å². The fourth-order valence-corrected chi connectivity index (χ4v) is 2.91. The number of hydrogen-bond acceptors (Lipinski definition) is 3. The van der Waals surface area contributed by atoms with Crippen LogP contribution in [0.3, 0.4) is 0 Å². The number of hydrogen-bond donors (Lipinski definition) is 0. The Labute approximate surface area is 107 Å². The minimum atomic E-state index is -1.01. The maximum absolute atomic E-state index is 5.63. The van der Waals surface area contributed by atoms with E-state index >= 15 is 0 Å². The van der Waals surface area contributed by atoms with Crippen molar-refractivity contribution in [1.29, 1.82) is 0 Å². The fourth-order valence-electron chi connectivity index (χ4n) is 1.65. The van der Waals surface area contributed by atoms with E-state index in [1.54, 1.807) is 11.8 Å². The summed E-state index contributed by atoms with van der Waals surface area (Å²) in [7, 11) is -1.01. The Kier molecular flexibility index (Phi) is 3.58. The SMILES string of the molecule is CSc1nc2c(ccc[n+]2CC[Si](C)(C)C)o1. The van der Waals surface area contributed by atoms with Gasteiger partial charge in [-0.15, -0.1) is 0 Å². The molecule has 3 nitrogen and oxygen atoms in total. The molecule has 0 unspecified atom stereocenters. The fraction of sp³-hybridized carbons (Fsp3) is 0.500. The number of fused-ring (bicyclic) bond motifs is 1. The lowest BCUT2D eigenvalue weighted by molar-refractivity contribution is -0.669. The summed E-state index contributed by atoms with van der Waals surface area (Å²) in [5, 5.41) is 0.743. The minimum absolute atomic E-state index is 0.743. The number of oxazole rings is 1. The van der Waals surface area contributed by atoms with Gasteiger partial charge in [-0.05, 0) is 36.2 Å². The number of rotatable bonds is 4. The van der Waals surface area contributed by atoms with Crippen LogP contribution >= 0.6 is 11.8 Å². The predicted molar refractivity (Wildman–Crippen MR) is 74.1 cm³/mol. The van der Waals surface area contributed by atoms with Gasteiger partial charge in [-0.2, -0.15) is 0 Å². The van der Waals surface area contributed by atoms with Crippen LogP contribution in [-0.2, 0) is 6.54 Å². The van der Waals surface area contributed by atoms with Crippen molar-refractivity contribution in [2.24, 2.45) is 0 Å². The average molecular weight is 267 g/mol. The number of nitrogens with zero attached hydrogens (tertiary/aromatic N) is 2. The maximum Gasteiger partial charge on any atom is 0.371 e. The third-order valence-corrected chi connectivity index (χ3v) is 4.93. The highest BCUT2D eigenvalue weighted by molar-refractivity contribution is 7.98. The molecule has 0 aliphatic heterocycles. The van der Waals surface area contributed by atoms with Crippen LogP contribution in [0.25, 0.3) is 11.2 Å². The zero-order valence-electron chi connectivity index (χ0n) is 10.9. The van der Waals surface area contributed by atoms with Gasteiger partial charge in [0.25, 0.3) is 0 Å². The third-order valence-electron chi connectivity index (χ3n) is 2.68. The second-order valence-electron chi connectivity index (χ2n) is 5.38. The van der Waals surface area contributed by atoms with Crippen LogP contribution < -0.4 is 4.57 Å². The van der Waals surface area contributed by atoms with Crippen molar-refractivity contribution in [3.05, 3.63) is 18.3 Å². The van der Waals surface area contributed by atoms with Crippen molar-refractivity contribution >= 4 is 31.1 Å². The van der Waals surface area contributed by atoms with Crippen LogP contribution in [0.5, 0.6) is 0 Å². The first-order valence-corrected chi connectivity index (χ1v) is 10.8. The van der Waals surface area contributed by atoms with Gasteiger partial charge in [0, 0.05) is 13.1 Å². The number of aromatic nitrogens is 2. The van der Waals surface area contributed by atoms with Crippen LogP contribution in [0.4, 0.5) is 0 Å². The Morgan fingerprint density at radius 2 is 2.18 bits per heavy atom. The number of aryl methyl sites for hydroxylation is 1. The summed E-state index contributed by atoms with van der Waals surface area (Å²) in [5.74, 6) is 0. The monoisotopic (exact) mass is 267 g/mol. The second-order valence-corrected chi connectivity index (χ2v) is 11.8. The maximum atomic E-state index is 5.63. The smallest absolute Gasteiger partial charge is 0.371 e. The van der Waals surface area contributed by atoms with Crippen molar-refractivity contribution in [3.8, 4) is 0 Å². The van der Waals surface area contributed by atoms with Crippen LogP contribution in [0.2, 0.25) is 25.7 Å². The van der Waals surface area contributed by atoms with Gasteiger partial charge >= 0.3 is 10.9 Å². The average Bonchev–Trinajstić information content (AvgIpc) is 2.68. The van der Waals surface area contributed by atoms with E-state index in [1.165, 1.54) is 6.04 Å². The molecule has 0 fully saturated rings. The Balaban J connectivity index is 2.30. The molecule has 0 aliphatic rings. The highest BCUT2D eigenvalue weighted by Crippen LogP contribution is 2.19. The summed E-state index contributed by atoms with van der Waals surface area (Å²) in [4.78, 5) is 4.51. The summed E-state index contributed by atoms with van der Waals surface area (Å²) >= 11 is 1.54. The highest BCUT2D eigenvalue weighted by Gasteiger charge is 2.20. The first-order valence-electron chi connectivity index (χ1n) is 5.82. The Morgan fingerprint density at radius 3 is 2.82 bits per heavy atom. The predicted octanol–water partition coefficient (Wildman–Crippen LogP) is 3.18. The lowest BCUT2D eigenvalue weighted by atomic mass is 10.4. The molecule has 0 saturated carbocycles. The van der Waals surface area contributed by atoms with E-state index in [4.69, 9.17) is 4.42 Å². The lowest BCUT2D eigenvalue weighted by Gasteiger charge is -2.13. The molecule has 0 bridgehead atoms. The molecule has 92 valence electrons. The summed E-state index contributed by atoms with van der Waals surface area (Å²) in [6.07, 6.45) is 4.08. The van der Waals surface area contributed by atoms with Crippen molar-refractivity contribution in [3.63, 3.8) is 0 Å². The van der Waals surface area contributed by atoms with Gasteiger partial charge in [0.1, 0.15) is 0 Å². The van der Waals surface area contributed by atoms with Crippen LogP contribution in [0.15, 0.2) is 28.0 Å². The normalized spacial score (nSPS) is 12.2. The third kappa shape index (κ3) is 3.10. The summed E-state index contributed by atoms with van der Waals surface area (Å²) < 4.78 is 7.84. The Bertz CT molecular complexity index is 519. The number of thioether (sulfide) groups is 1. The van der Waals surface area contributed by atoms with Gasteiger partial charge in [-0.25, -0.2) is 4.57 Å². The molecule has 2 heterocycles. The van der Waals surface area contributed by atoms with E-state index in [0.29, 0.717) is 0 Å². The van der Waals surface area contributed by atoms with Crippen LogP contribution in [0.1, 0.15) is 0 Å². The van der Waals surface area contributed by atoms with Gasteiger partial charge in [0.15, 0.2) is 0 Å². The molecule has 0 radical (unpaired) electrons. The molecule has 2 aromatic rings. The molecule has 0 aromatic carbocycles. The van der Waals surface area contributed by atoms with Crippen molar-refractivity contribution in [1.82, 2.24) is 4.98 Å². The Morgan fingerprint density at radius 1 is 1.41 bits per heavy atom. The molecular weight excluding hydrogens is 248 g/mol. The summed E-state index contributed by atoms with van der Waals surface area (Å²) in [5.41, 5.74) is 1.85. The molecule has 2 rings (SSSR count). The van der Waals surface area contributed by atoms with Crippen LogP contribution in [-0.4, -0.2) is 19.3 Å². The van der Waals surface area contributed by atoms with Gasteiger partial charge in [-0.3, -0.25) is 0 Å². The van der Waals surface area contributed by atoms with E-state index in [9.17, 15) is 0 Å². The molecule has 0 amide bonds. The van der Waals surface area contributed by atoms with E-state index in [1.807, 2.05) is 18.4 Å². The van der Waals surface area contributed by atoms with Gasteiger partial charge in [0.05, 0.1) is 12.7 Å². The first kappa shape index (κ1) is 12.6. The molecule has 5 heteroatoms. The van der Waals surface area contributed by atoms with Crippen molar-refractivity contribution in [2.45, 2.75) is 37.5 Å². The highest BCUT2D eigenvalue weighted by atomic mass is 32.2. The molecule has 0 N–H and O–H groups in total. The van der Waals surface area contributed by atoms with E-state index in [2.05, 4.69) is 35.4 Å². The topological polar surface area (TPSA) is 29.9 Å². The standard InChI is InChI=1S/C12H19N2OSSi/c1-16-12-13-11-10(15-12)6-5-7-14(11)8-9-17(2,3)4/h5-7H,8-9H2,1-4H3/q+1. The molecule has 17 heavy (non-hydrogen) atoms. The Hall–Kier alpha value is -0.813. The van der Waals surface area contributed by atoms with Crippen molar-refractivity contribution in [2.75, 3.05) is 6.26 Å². The molecule has 0 saturated heterocycles. The minimum Gasteiger partial charge on any atom is -0.406 e. The van der Waals surface area contributed by atoms with Crippen LogP contribution in [0, 0.1) is 0 Å². The van der Waals surface area contributed by atoms with Gasteiger partial charge in [-0.1, -0.05) is 19.6 Å². The lowest BCUT2D eigenvalue weighted by Crippen LogP contribution is -2.38.